The van der Waals surface area contributed by atoms with Gasteiger partial charge in [-0.1, -0.05) is 44.2 Å². The van der Waals surface area contributed by atoms with Crippen LogP contribution < -0.4 is 5.32 Å². The third-order valence-electron chi connectivity index (χ3n) is 3.31. The van der Waals surface area contributed by atoms with Crippen molar-refractivity contribution in [2.45, 2.75) is 32.7 Å². The average Bonchev–Trinajstić information content (AvgIpc) is 2.39. The van der Waals surface area contributed by atoms with Gasteiger partial charge in [-0.3, -0.25) is 0 Å². The monoisotopic (exact) mass is 257 g/mol. The Morgan fingerprint density at radius 1 is 0.947 bits per heavy atom. The molecule has 1 nitrogen and oxygen atoms in total. The number of benzene rings is 2. The van der Waals surface area contributed by atoms with E-state index in [1.54, 1.807) is 6.07 Å². The van der Waals surface area contributed by atoms with Gasteiger partial charge in [-0.25, -0.2) is 4.39 Å². The Labute approximate surface area is 114 Å². The quantitative estimate of drug-likeness (QED) is 0.801. The molecule has 0 bridgehead atoms. The molecule has 0 aliphatic rings. The predicted octanol–water partition coefficient (Wildman–Crippen LogP) is 5.12. The molecule has 2 heteroatoms. The van der Waals surface area contributed by atoms with Gasteiger partial charge in [0.05, 0.1) is 6.04 Å². The second kappa shape index (κ2) is 5.87. The fourth-order valence-corrected chi connectivity index (χ4v) is 2.14. The van der Waals surface area contributed by atoms with Gasteiger partial charge in [0.25, 0.3) is 0 Å². The molecule has 0 saturated carbocycles. The molecule has 0 heterocycles. The van der Waals surface area contributed by atoms with E-state index in [1.165, 1.54) is 11.6 Å². The second-order valence-electron chi connectivity index (χ2n) is 5.17. The number of rotatable bonds is 4. The Hall–Kier alpha value is -1.83. The third kappa shape index (κ3) is 3.34. The smallest absolute Gasteiger partial charge is 0.128 e. The average molecular weight is 257 g/mol. The van der Waals surface area contributed by atoms with E-state index in [0.29, 0.717) is 11.5 Å². The van der Waals surface area contributed by atoms with Crippen LogP contribution in [0.1, 0.15) is 43.9 Å². The number of hydrogen-bond donors (Lipinski definition) is 1. The summed E-state index contributed by atoms with van der Waals surface area (Å²) < 4.78 is 13.7. The van der Waals surface area contributed by atoms with Crippen molar-refractivity contribution in [3.05, 3.63) is 65.5 Å². The number of halogens is 1. The van der Waals surface area contributed by atoms with Gasteiger partial charge < -0.3 is 5.32 Å². The van der Waals surface area contributed by atoms with E-state index in [0.717, 1.165) is 5.69 Å². The SMILES string of the molecule is CC(C)c1cccc(NC(C)c2ccccc2F)c1. The molecule has 1 unspecified atom stereocenters. The van der Waals surface area contributed by atoms with Gasteiger partial charge in [0.2, 0.25) is 0 Å². The summed E-state index contributed by atoms with van der Waals surface area (Å²) in [5.41, 5.74) is 3.00. The minimum Gasteiger partial charge on any atom is -0.378 e. The van der Waals surface area contributed by atoms with Gasteiger partial charge in [0.1, 0.15) is 5.82 Å². The Morgan fingerprint density at radius 2 is 1.68 bits per heavy atom. The molecule has 100 valence electrons. The molecule has 19 heavy (non-hydrogen) atoms. The first-order chi connectivity index (χ1) is 9.08. The maximum absolute atomic E-state index is 13.7. The lowest BCUT2D eigenvalue weighted by Crippen LogP contribution is -2.08. The van der Waals surface area contributed by atoms with Crippen LogP contribution >= 0.6 is 0 Å². The van der Waals surface area contributed by atoms with Gasteiger partial charge >= 0.3 is 0 Å². The molecule has 0 spiro atoms. The molecule has 2 rings (SSSR count). The first kappa shape index (κ1) is 13.6. The van der Waals surface area contributed by atoms with Crippen molar-refractivity contribution < 1.29 is 4.39 Å². The Kier molecular flexibility index (Phi) is 4.20. The highest BCUT2D eigenvalue weighted by atomic mass is 19.1. The van der Waals surface area contributed by atoms with Crippen LogP contribution in [0.3, 0.4) is 0 Å². The maximum Gasteiger partial charge on any atom is 0.128 e. The fraction of sp³-hybridized carbons (Fsp3) is 0.294. The molecule has 1 N–H and O–H groups in total. The molecule has 2 aromatic rings. The topological polar surface area (TPSA) is 12.0 Å². The fourth-order valence-electron chi connectivity index (χ4n) is 2.14. The van der Waals surface area contributed by atoms with Gasteiger partial charge in [-0.05, 0) is 36.6 Å². The summed E-state index contributed by atoms with van der Waals surface area (Å²) in [4.78, 5) is 0. The largest absolute Gasteiger partial charge is 0.378 e. The molecular formula is C17H20FN. The second-order valence-corrected chi connectivity index (χ2v) is 5.17. The first-order valence-electron chi connectivity index (χ1n) is 6.69. The van der Waals surface area contributed by atoms with E-state index >= 15 is 0 Å². The Bertz CT molecular complexity index is 548. The van der Waals surface area contributed by atoms with Crippen molar-refractivity contribution in [1.29, 1.82) is 0 Å². The molecule has 2 aromatic carbocycles. The van der Waals surface area contributed by atoms with Crippen LogP contribution in [0, 0.1) is 5.82 Å². The van der Waals surface area contributed by atoms with Crippen molar-refractivity contribution in [2.75, 3.05) is 5.32 Å². The highest BCUT2D eigenvalue weighted by Crippen LogP contribution is 2.24. The predicted molar refractivity (Wildman–Crippen MR) is 79.0 cm³/mol. The highest BCUT2D eigenvalue weighted by molar-refractivity contribution is 5.48. The number of anilines is 1. The summed E-state index contributed by atoms with van der Waals surface area (Å²) in [5, 5.41) is 3.35. The van der Waals surface area contributed by atoms with Crippen LogP contribution in [-0.4, -0.2) is 0 Å². The summed E-state index contributed by atoms with van der Waals surface area (Å²) in [7, 11) is 0. The molecule has 0 fully saturated rings. The summed E-state index contributed by atoms with van der Waals surface area (Å²) >= 11 is 0. The van der Waals surface area contributed by atoms with Crippen LogP contribution in [0.15, 0.2) is 48.5 Å². The summed E-state index contributed by atoms with van der Waals surface area (Å²) in [6.45, 7) is 6.30. The van der Waals surface area contributed by atoms with E-state index in [-0.39, 0.29) is 11.9 Å². The van der Waals surface area contributed by atoms with Gasteiger partial charge in [-0.15, -0.1) is 0 Å². The van der Waals surface area contributed by atoms with Crippen LogP contribution in [0.4, 0.5) is 10.1 Å². The van der Waals surface area contributed by atoms with Gasteiger partial charge in [0, 0.05) is 11.3 Å². The Morgan fingerprint density at radius 3 is 2.37 bits per heavy atom. The zero-order chi connectivity index (χ0) is 13.8. The zero-order valence-electron chi connectivity index (χ0n) is 11.7. The van der Waals surface area contributed by atoms with E-state index in [9.17, 15) is 4.39 Å². The van der Waals surface area contributed by atoms with Crippen molar-refractivity contribution in [3.63, 3.8) is 0 Å². The standard InChI is InChI=1S/C17H20FN/c1-12(2)14-7-6-8-15(11-14)19-13(3)16-9-4-5-10-17(16)18/h4-13,19H,1-3H3. The molecule has 0 aromatic heterocycles. The van der Waals surface area contributed by atoms with E-state index in [2.05, 4.69) is 31.3 Å². The van der Waals surface area contributed by atoms with Crippen molar-refractivity contribution in [2.24, 2.45) is 0 Å². The Balaban J connectivity index is 2.17. The number of nitrogens with one attached hydrogen (secondary N) is 1. The van der Waals surface area contributed by atoms with Crippen LogP contribution in [-0.2, 0) is 0 Å². The van der Waals surface area contributed by atoms with Crippen molar-refractivity contribution in [3.8, 4) is 0 Å². The van der Waals surface area contributed by atoms with Gasteiger partial charge in [-0.2, -0.15) is 0 Å². The third-order valence-corrected chi connectivity index (χ3v) is 3.31. The summed E-state index contributed by atoms with van der Waals surface area (Å²) in [5.74, 6) is 0.327. The van der Waals surface area contributed by atoms with E-state index in [1.807, 2.05) is 31.2 Å². The van der Waals surface area contributed by atoms with Crippen molar-refractivity contribution >= 4 is 5.69 Å². The minimum atomic E-state index is -0.164. The van der Waals surface area contributed by atoms with Crippen molar-refractivity contribution in [1.82, 2.24) is 0 Å². The lowest BCUT2D eigenvalue weighted by molar-refractivity contribution is 0.600. The highest BCUT2D eigenvalue weighted by Gasteiger charge is 2.10. The number of hydrogen-bond acceptors (Lipinski definition) is 1. The van der Waals surface area contributed by atoms with E-state index < -0.39 is 0 Å². The lowest BCUT2D eigenvalue weighted by atomic mass is 10.0. The molecule has 0 radical (unpaired) electrons. The van der Waals surface area contributed by atoms with Crippen LogP contribution in [0.5, 0.6) is 0 Å². The molecule has 0 amide bonds. The van der Waals surface area contributed by atoms with Crippen LogP contribution in [0.25, 0.3) is 0 Å². The molecule has 0 aliphatic heterocycles. The molecule has 0 saturated heterocycles. The van der Waals surface area contributed by atoms with Gasteiger partial charge in [0.15, 0.2) is 0 Å². The normalized spacial score (nSPS) is 12.5. The summed E-state index contributed by atoms with van der Waals surface area (Å²) in [6.07, 6.45) is 0. The maximum atomic E-state index is 13.7. The molecule has 1 atom stereocenters. The van der Waals surface area contributed by atoms with Crippen LogP contribution in [0.2, 0.25) is 0 Å². The molecular weight excluding hydrogens is 237 g/mol. The summed E-state index contributed by atoms with van der Waals surface area (Å²) in [6, 6.07) is 15.1. The molecule has 0 aliphatic carbocycles. The minimum absolute atomic E-state index is 0.0522. The first-order valence-corrected chi connectivity index (χ1v) is 6.69. The zero-order valence-corrected chi connectivity index (χ0v) is 11.7. The lowest BCUT2D eigenvalue weighted by Gasteiger charge is -2.17. The van der Waals surface area contributed by atoms with E-state index in [4.69, 9.17) is 0 Å².